The Morgan fingerprint density at radius 3 is 2.67 bits per heavy atom. The Hall–Kier alpha value is -2.78. The van der Waals surface area contributed by atoms with Gasteiger partial charge in [-0.1, -0.05) is 17.5 Å². The van der Waals surface area contributed by atoms with Gasteiger partial charge in [0.25, 0.3) is 5.88 Å². The van der Waals surface area contributed by atoms with Gasteiger partial charge < -0.3 is 14.2 Å². The zero-order chi connectivity index (χ0) is 17.5. The zero-order valence-electron chi connectivity index (χ0n) is 12.7. The summed E-state index contributed by atoms with van der Waals surface area (Å²) in [6.45, 7) is 1.43. The number of esters is 1. The lowest BCUT2D eigenvalue weighted by Gasteiger charge is -2.13. The number of nitrogens with zero attached hydrogens (tertiary/aromatic N) is 1. The minimum absolute atomic E-state index is 0.112. The Morgan fingerprint density at radius 1 is 1.38 bits per heavy atom. The third kappa shape index (κ3) is 4.86. The largest absolute Gasteiger partial charge is 0.479 e. The fraction of sp³-hybridized carbons (Fsp3) is 0.176. The molecule has 124 valence electrons. The van der Waals surface area contributed by atoms with Crippen molar-refractivity contribution in [1.29, 1.82) is 0 Å². The zero-order valence-corrected chi connectivity index (χ0v) is 13.4. The molecule has 0 amide bonds. The Balaban J connectivity index is 1.98. The average molecular weight is 350 g/mol. The number of aromatic nitrogens is 1. The first-order chi connectivity index (χ1) is 11.5. The Labute approximate surface area is 143 Å². The van der Waals surface area contributed by atoms with Gasteiger partial charge in [0.15, 0.2) is 18.5 Å². The molecule has 0 aliphatic rings. The molecule has 1 heterocycles. The van der Waals surface area contributed by atoms with E-state index in [2.05, 4.69) is 10.9 Å². The normalized spacial score (nSPS) is 11.2. The summed E-state index contributed by atoms with van der Waals surface area (Å²) in [5, 5.41) is 0.175. The van der Waals surface area contributed by atoms with Crippen molar-refractivity contribution in [2.75, 3.05) is 6.61 Å². The number of halogens is 2. The van der Waals surface area contributed by atoms with E-state index in [0.717, 1.165) is 6.07 Å². The number of benzene rings is 1. The molecule has 0 saturated heterocycles. The van der Waals surface area contributed by atoms with Gasteiger partial charge in [0.05, 0.1) is 5.02 Å². The molecule has 0 aliphatic heterocycles. The highest BCUT2D eigenvalue weighted by atomic mass is 35.5. The van der Waals surface area contributed by atoms with E-state index in [9.17, 15) is 9.18 Å². The number of hydrogen-bond donors (Lipinski definition) is 0. The van der Waals surface area contributed by atoms with E-state index in [1.54, 1.807) is 24.3 Å². The summed E-state index contributed by atoms with van der Waals surface area (Å²) in [6.07, 6.45) is 5.47. The van der Waals surface area contributed by atoms with Crippen LogP contribution in [0.15, 0.2) is 36.5 Å². The summed E-state index contributed by atoms with van der Waals surface area (Å²) in [5.41, 5.74) is 0. The molecule has 0 N–H and O–H groups in total. The Kier molecular flexibility index (Phi) is 5.99. The second-order valence-electron chi connectivity index (χ2n) is 4.59. The van der Waals surface area contributed by atoms with Crippen LogP contribution in [0.1, 0.15) is 6.92 Å². The van der Waals surface area contributed by atoms with Crippen LogP contribution in [0.25, 0.3) is 0 Å². The molecular formula is C17H13ClFNO4. The number of hydrogen-bond acceptors (Lipinski definition) is 5. The number of ether oxygens (including phenoxy) is 3. The minimum atomic E-state index is -0.819. The van der Waals surface area contributed by atoms with Crippen molar-refractivity contribution in [3.63, 3.8) is 0 Å². The van der Waals surface area contributed by atoms with E-state index in [1.807, 2.05) is 0 Å². The Bertz CT molecular complexity index is 758. The molecule has 1 aromatic carbocycles. The highest BCUT2D eigenvalue weighted by Crippen LogP contribution is 2.26. The predicted octanol–water partition coefficient (Wildman–Crippen LogP) is 3.61. The van der Waals surface area contributed by atoms with Gasteiger partial charge in [-0.3, -0.25) is 0 Å². The van der Waals surface area contributed by atoms with Crippen LogP contribution in [0.3, 0.4) is 0 Å². The van der Waals surface area contributed by atoms with Crippen molar-refractivity contribution in [2.45, 2.75) is 13.0 Å². The first-order valence-corrected chi connectivity index (χ1v) is 7.23. The minimum Gasteiger partial charge on any atom is -0.479 e. The third-order valence-electron chi connectivity index (χ3n) is 2.75. The van der Waals surface area contributed by atoms with Crippen molar-refractivity contribution in [3.8, 4) is 29.7 Å². The molecule has 0 fully saturated rings. The molecular weight excluding hydrogens is 337 g/mol. The molecule has 2 aromatic rings. The molecule has 1 aromatic heterocycles. The van der Waals surface area contributed by atoms with Crippen molar-refractivity contribution in [1.82, 2.24) is 4.98 Å². The average Bonchev–Trinajstić information content (AvgIpc) is 2.56. The van der Waals surface area contributed by atoms with Crippen molar-refractivity contribution >= 4 is 17.6 Å². The second kappa shape index (κ2) is 8.18. The summed E-state index contributed by atoms with van der Waals surface area (Å²) in [6, 6.07) is 7.32. The van der Waals surface area contributed by atoms with E-state index in [-0.39, 0.29) is 17.5 Å². The van der Waals surface area contributed by atoms with Crippen LogP contribution in [0, 0.1) is 18.2 Å². The van der Waals surface area contributed by atoms with E-state index in [4.69, 9.17) is 32.2 Å². The molecule has 1 atom stereocenters. The van der Waals surface area contributed by atoms with Gasteiger partial charge in [-0.05, 0) is 37.3 Å². The van der Waals surface area contributed by atoms with Gasteiger partial charge in [0.2, 0.25) is 0 Å². The van der Waals surface area contributed by atoms with E-state index >= 15 is 0 Å². The van der Waals surface area contributed by atoms with Gasteiger partial charge in [-0.25, -0.2) is 14.2 Å². The molecule has 0 unspecified atom stereocenters. The van der Waals surface area contributed by atoms with Gasteiger partial charge in [0, 0.05) is 6.20 Å². The Morgan fingerprint density at radius 2 is 2.04 bits per heavy atom. The second-order valence-corrected chi connectivity index (χ2v) is 5.02. The number of pyridine rings is 1. The van der Waals surface area contributed by atoms with Crippen LogP contribution in [0.2, 0.25) is 5.02 Å². The third-order valence-corrected chi connectivity index (χ3v) is 2.96. The molecule has 0 saturated carbocycles. The number of carbonyl (C=O) groups is 1. The van der Waals surface area contributed by atoms with Gasteiger partial charge in [-0.15, -0.1) is 6.42 Å². The highest BCUT2D eigenvalue weighted by Gasteiger charge is 2.16. The molecule has 7 heteroatoms. The standard InChI is InChI=1S/C17H13ClFNO4/c1-3-8-22-17(21)11(2)23-13-4-6-14(7-5-13)24-16-15(19)9-12(18)10-20-16/h1,4-7,9-11H,8H2,2H3/t11-/m1/s1. The molecule has 0 radical (unpaired) electrons. The van der Waals surface area contributed by atoms with Crippen molar-refractivity contribution < 1.29 is 23.4 Å². The predicted molar refractivity (Wildman–Crippen MR) is 85.6 cm³/mol. The van der Waals surface area contributed by atoms with Crippen LogP contribution in [0.5, 0.6) is 17.4 Å². The van der Waals surface area contributed by atoms with Crippen LogP contribution < -0.4 is 9.47 Å². The fourth-order valence-electron chi connectivity index (χ4n) is 1.66. The van der Waals surface area contributed by atoms with Crippen molar-refractivity contribution in [2.24, 2.45) is 0 Å². The summed E-state index contributed by atoms with van der Waals surface area (Å²) in [5.74, 6) is 1.52. The van der Waals surface area contributed by atoms with Gasteiger partial charge in [0.1, 0.15) is 11.5 Å². The van der Waals surface area contributed by atoms with Crippen LogP contribution in [0.4, 0.5) is 4.39 Å². The fourth-order valence-corrected chi connectivity index (χ4v) is 1.80. The van der Waals surface area contributed by atoms with E-state index < -0.39 is 17.9 Å². The quantitative estimate of drug-likeness (QED) is 0.589. The number of terminal acetylenes is 1. The number of carbonyl (C=O) groups excluding carboxylic acids is 1. The van der Waals surface area contributed by atoms with Crippen LogP contribution in [-0.4, -0.2) is 23.7 Å². The maximum atomic E-state index is 13.6. The maximum Gasteiger partial charge on any atom is 0.347 e. The maximum absolute atomic E-state index is 13.6. The summed E-state index contributed by atoms with van der Waals surface area (Å²) in [7, 11) is 0. The monoisotopic (exact) mass is 349 g/mol. The number of rotatable bonds is 6. The lowest BCUT2D eigenvalue weighted by atomic mass is 10.3. The first-order valence-electron chi connectivity index (χ1n) is 6.85. The SMILES string of the molecule is C#CCOC(=O)[C@@H](C)Oc1ccc(Oc2ncc(Cl)cc2F)cc1. The molecule has 5 nitrogen and oxygen atoms in total. The van der Waals surface area contributed by atoms with Gasteiger partial charge >= 0.3 is 5.97 Å². The first kappa shape index (κ1) is 17.6. The highest BCUT2D eigenvalue weighted by molar-refractivity contribution is 6.30. The van der Waals surface area contributed by atoms with E-state index in [0.29, 0.717) is 11.5 Å². The van der Waals surface area contributed by atoms with E-state index in [1.165, 1.54) is 13.1 Å². The van der Waals surface area contributed by atoms with Crippen molar-refractivity contribution in [3.05, 3.63) is 47.4 Å². The smallest absolute Gasteiger partial charge is 0.347 e. The van der Waals surface area contributed by atoms with Crippen LogP contribution in [-0.2, 0) is 9.53 Å². The molecule has 24 heavy (non-hydrogen) atoms. The van der Waals surface area contributed by atoms with Crippen LogP contribution >= 0.6 is 11.6 Å². The molecule has 0 aliphatic carbocycles. The summed E-state index contributed by atoms with van der Waals surface area (Å²) in [4.78, 5) is 15.3. The summed E-state index contributed by atoms with van der Waals surface area (Å²) >= 11 is 5.62. The van der Waals surface area contributed by atoms with Gasteiger partial charge in [-0.2, -0.15) is 0 Å². The topological polar surface area (TPSA) is 57.7 Å². The molecule has 2 rings (SSSR count). The lowest BCUT2D eigenvalue weighted by molar-refractivity contribution is -0.149. The molecule has 0 spiro atoms. The molecule has 0 bridgehead atoms. The lowest BCUT2D eigenvalue weighted by Crippen LogP contribution is -2.26. The summed E-state index contributed by atoms with van der Waals surface area (Å²) < 4.78 is 29.1.